The van der Waals surface area contributed by atoms with Crippen LogP contribution in [0.1, 0.15) is 37.0 Å². The summed E-state index contributed by atoms with van der Waals surface area (Å²) in [5.74, 6) is 0.125. The number of thioether (sulfide) groups is 1. The molecule has 0 saturated heterocycles. The van der Waals surface area contributed by atoms with E-state index in [-0.39, 0.29) is 23.6 Å². The average Bonchev–Trinajstić information content (AvgIpc) is 2.86. The van der Waals surface area contributed by atoms with Crippen LogP contribution in [0.4, 0.5) is 0 Å². The lowest BCUT2D eigenvalue weighted by Gasteiger charge is -2.32. The van der Waals surface area contributed by atoms with E-state index >= 15 is 0 Å². The van der Waals surface area contributed by atoms with Gasteiger partial charge in [-0.1, -0.05) is 79.7 Å². The van der Waals surface area contributed by atoms with E-state index in [0.717, 1.165) is 28.0 Å². The van der Waals surface area contributed by atoms with Crippen LogP contribution in [0.15, 0.2) is 89.8 Å². The second kappa shape index (κ2) is 13.0. The molecule has 34 heavy (non-hydrogen) atoms. The van der Waals surface area contributed by atoms with Gasteiger partial charge in [0, 0.05) is 23.9 Å². The number of carbonyl (C=O) groups excluding carboxylic acids is 2. The summed E-state index contributed by atoms with van der Waals surface area (Å²) in [6.45, 7) is 6.48. The zero-order valence-corrected chi connectivity index (χ0v) is 21.1. The van der Waals surface area contributed by atoms with Gasteiger partial charge < -0.3 is 10.2 Å². The van der Waals surface area contributed by atoms with Crippen molar-refractivity contribution in [3.63, 3.8) is 0 Å². The summed E-state index contributed by atoms with van der Waals surface area (Å²) in [6.07, 6.45) is 1.30. The maximum Gasteiger partial charge on any atom is 0.243 e. The van der Waals surface area contributed by atoms with Crippen LogP contribution in [0.25, 0.3) is 0 Å². The monoisotopic (exact) mass is 474 g/mol. The Bertz CT molecular complexity index is 1060. The lowest BCUT2D eigenvalue weighted by atomic mass is 10.0. The fourth-order valence-corrected chi connectivity index (χ4v) is 4.52. The maximum atomic E-state index is 13.6. The Hall–Kier alpha value is -3.05. The van der Waals surface area contributed by atoms with E-state index in [4.69, 9.17) is 0 Å². The first-order chi connectivity index (χ1) is 16.5. The molecule has 0 aliphatic carbocycles. The SMILES string of the molecule is CC[C@H](C)NC(=O)[C@H](Cc1ccccc1)N(Cc1ccccc1C)C(=O)CSc1ccccc1. The van der Waals surface area contributed by atoms with E-state index in [0.29, 0.717) is 13.0 Å². The van der Waals surface area contributed by atoms with Crippen molar-refractivity contribution in [1.82, 2.24) is 10.2 Å². The van der Waals surface area contributed by atoms with Gasteiger partial charge in [0.1, 0.15) is 6.04 Å². The number of benzene rings is 3. The first-order valence-corrected chi connectivity index (χ1v) is 12.8. The Balaban J connectivity index is 1.92. The van der Waals surface area contributed by atoms with Crippen LogP contribution in [0.2, 0.25) is 0 Å². The number of nitrogens with one attached hydrogen (secondary N) is 1. The van der Waals surface area contributed by atoms with Crippen LogP contribution in [0.3, 0.4) is 0 Å². The highest BCUT2D eigenvalue weighted by Gasteiger charge is 2.31. The molecule has 1 N–H and O–H groups in total. The molecule has 0 aromatic heterocycles. The van der Waals surface area contributed by atoms with E-state index in [9.17, 15) is 9.59 Å². The van der Waals surface area contributed by atoms with Crippen molar-refractivity contribution < 1.29 is 9.59 Å². The molecule has 0 aliphatic rings. The number of carbonyl (C=O) groups is 2. The van der Waals surface area contributed by atoms with E-state index in [1.165, 1.54) is 11.8 Å². The number of hydrogen-bond donors (Lipinski definition) is 1. The van der Waals surface area contributed by atoms with Gasteiger partial charge in [-0.05, 0) is 49.1 Å². The molecule has 3 aromatic rings. The zero-order valence-electron chi connectivity index (χ0n) is 20.2. The van der Waals surface area contributed by atoms with Gasteiger partial charge in [-0.25, -0.2) is 0 Å². The third-order valence-electron chi connectivity index (χ3n) is 5.98. The lowest BCUT2D eigenvalue weighted by molar-refractivity contribution is -0.139. The molecule has 0 aliphatic heterocycles. The highest BCUT2D eigenvalue weighted by atomic mass is 32.2. The minimum Gasteiger partial charge on any atom is -0.352 e. The molecule has 3 rings (SSSR count). The highest BCUT2D eigenvalue weighted by molar-refractivity contribution is 8.00. The molecule has 2 atom stereocenters. The zero-order chi connectivity index (χ0) is 24.3. The summed E-state index contributed by atoms with van der Waals surface area (Å²) < 4.78 is 0. The number of amides is 2. The summed E-state index contributed by atoms with van der Waals surface area (Å²) in [5, 5.41) is 3.12. The molecule has 5 heteroatoms. The second-order valence-electron chi connectivity index (χ2n) is 8.57. The van der Waals surface area contributed by atoms with Gasteiger partial charge in [0.25, 0.3) is 0 Å². The van der Waals surface area contributed by atoms with Crippen molar-refractivity contribution >= 4 is 23.6 Å². The van der Waals surface area contributed by atoms with Gasteiger partial charge >= 0.3 is 0 Å². The maximum absolute atomic E-state index is 13.6. The minimum atomic E-state index is -0.597. The van der Waals surface area contributed by atoms with Gasteiger partial charge in [0.15, 0.2) is 0 Å². The molecule has 0 radical (unpaired) electrons. The molecule has 2 amide bonds. The van der Waals surface area contributed by atoms with Gasteiger partial charge in [-0.2, -0.15) is 0 Å². The minimum absolute atomic E-state index is 0.0416. The van der Waals surface area contributed by atoms with Crippen LogP contribution in [-0.4, -0.2) is 34.6 Å². The van der Waals surface area contributed by atoms with Crippen molar-refractivity contribution in [2.24, 2.45) is 0 Å². The third kappa shape index (κ3) is 7.49. The first kappa shape index (κ1) is 25.6. The van der Waals surface area contributed by atoms with Crippen molar-refractivity contribution in [3.8, 4) is 0 Å². The summed E-state index contributed by atoms with van der Waals surface area (Å²) in [4.78, 5) is 30.0. The summed E-state index contributed by atoms with van der Waals surface area (Å²) in [7, 11) is 0. The molecule has 3 aromatic carbocycles. The van der Waals surface area contributed by atoms with E-state index < -0.39 is 6.04 Å². The second-order valence-corrected chi connectivity index (χ2v) is 9.62. The number of aryl methyl sites for hydroxylation is 1. The summed E-state index contributed by atoms with van der Waals surface area (Å²) in [6, 6.07) is 27.3. The molecule has 0 fully saturated rings. The first-order valence-electron chi connectivity index (χ1n) is 11.8. The largest absolute Gasteiger partial charge is 0.352 e. The highest BCUT2D eigenvalue weighted by Crippen LogP contribution is 2.22. The van der Waals surface area contributed by atoms with Crippen LogP contribution in [0.5, 0.6) is 0 Å². The predicted octanol–water partition coefficient (Wildman–Crippen LogP) is 5.64. The van der Waals surface area contributed by atoms with Gasteiger partial charge in [-0.15, -0.1) is 11.8 Å². The van der Waals surface area contributed by atoms with Crippen molar-refractivity contribution in [3.05, 3.63) is 102 Å². The predicted molar refractivity (Wildman–Crippen MR) is 141 cm³/mol. The summed E-state index contributed by atoms with van der Waals surface area (Å²) in [5.41, 5.74) is 3.19. The average molecular weight is 475 g/mol. The topological polar surface area (TPSA) is 49.4 Å². The van der Waals surface area contributed by atoms with Crippen LogP contribution in [0, 0.1) is 6.92 Å². The standard InChI is InChI=1S/C29H34N2O2S/c1-4-23(3)30-29(33)27(19-24-14-7-5-8-15-24)31(20-25-16-12-11-13-22(25)2)28(32)21-34-26-17-9-6-10-18-26/h5-18,23,27H,4,19-21H2,1-3H3,(H,30,33)/t23-,27-/m0/s1. The van der Waals surface area contributed by atoms with E-state index in [2.05, 4.69) is 5.32 Å². The Kier molecular flexibility index (Phi) is 9.77. The molecule has 0 unspecified atom stereocenters. The summed E-state index contributed by atoms with van der Waals surface area (Å²) >= 11 is 1.50. The number of nitrogens with zero attached hydrogens (tertiary/aromatic N) is 1. The van der Waals surface area contributed by atoms with Gasteiger partial charge in [0.05, 0.1) is 5.75 Å². The van der Waals surface area contributed by atoms with E-state index in [1.54, 1.807) is 4.90 Å². The van der Waals surface area contributed by atoms with Crippen LogP contribution >= 0.6 is 11.8 Å². The normalized spacial score (nSPS) is 12.6. The Morgan fingerprint density at radius 3 is 2.18 bits per heavy atom. The van der Waals surface area contributed by atoms with Crippen molar-refractivity contribution in [2.75, 3.05) is 5.75 Å². The Morgan fingerprint density at radius 1 is 0.912 bits per heavy atom. The smallest absolute Gasteiger partial charge is 0.243 e. The van der Waals surface area contributed by atoms with E-state index in [1.807, 2.05) is 106 Å². The molecule has 0 bridgehead atoms. The third-order valence-corrected chi connectivity index (χ3v) is 6.98. The molecule has 4 nitrogen and oxygen atoms in total. The molecule has 178 valence electrons. The van der Waals surface area contributed by atoms with Crippen molar-refractivity contribution in [1.29, 1.82) is 0 Å². The molecular formula is C29H34N2O2S. The van der Waals surface area contributed by atoms with Crippen molar-refractivity contribution in [2.45, 2.75) is 57.1 Å². The quantitative estimate of drug-likeness (QED) is 0.366. The molecular weight excluding hydrogens is 440 g/mol. The molecule has 0 heterocycles. The Labute approximate surface area is 207 Å². The fourth-order valence-electron chi connectivity index (χ4n) is 3.71. The van der Waals surface area contributed by atoms with Gasteiger partial charge in [0.2, 0.25) is 11.8 Å². The van der Waals surface area contributed by atoms with Crippen LogP contribution in [-0.2, 0) is 22.6 Å². The molecule has 0 spiro atoms. The Morgan fingerprint density at radius 2 is 1.53 bits per heavy atom. The number of rotatable bonds is 11. The molecule has 0 saturated carbocycles. The lowest BCUT2D eigenvalue weighted by Crippen LogP contribution is -2.52. The fraction of sp³-hybridized carbons (Fsp3) is 0.310. The van der Waals surface area contributed by atoms with Gasteiger partial charge in [-0.3, -0.25) is 9.59 Å². The van der Waals surface area contributed by atoms with Crippen LogP contribution < -0.4 is 5.32 Å². The number of hydrogen-bond acceptors (Lipinski definition) is 3.